The summed E-state index contributed by atoms with van der Waals surface area (Å²) in [6.07, 6.45) is 8.40. The third-order valence-corrected chi connectivity index (χ3v) is 3.48. The van der Waals surface area contributed by atoms with Crippen LogP contribution in [0, 0.1) is 18.3 Å². The minimum absolute atomic E-state index is 0.402. The average Bonchev–Trinajstić information content (AvgIpc) is 3.21. The lowest BCUT2D eigenvalue weighted by atomic mass is 10.0. The van der Waals surface area contributed by atoms with Crippen LogP contribution in [0.3, 0.4) is 0 Å². The zero-order chi connectivity index (χ0) is 13.0. The average molecular weight is 243 g/mol. The van der Waals surface area contributed by atoms with Crippen LogP contribution in [0.15, 0.2) is 24.3 Å². The van der Waals surface area contributed by atoms with E-state index in [1.165, 1.54) is 12.8 Å². The molecule has 0 amide bonds. The van der Waals surface area contributed by atoms with E-state index in [1.807, 2.05) is 25.1 Å². The van der Waals surface area contributed by atoms with Gasteiger partial charge in [0, 0.05) is 17.8 Å². The number of anilines is 1. The monoisotopic (exact) mass is 243 g/mol. The molecule has 2 nitrogen and oxygen atoms in total. The number of aliphatic hydroxyl groups excluding tert-OH is 1. The highest BCUT2D eigenvalue weighted by molar-refractivity contribution is 5.55. The first-order valence-electron chi connectivity index (χ1n) is 6.71. The van der Waals surface area contributed by atoms with Crippen LogP contribution in [0.4, 0.5) is 5.69 Å². The Morgan fingerprint density at radius 3 is 2.78 bits per heavy atom. The van der Waals surface area contributed by atoms with Gasteiger partial charge in [-0.1, -0.05) is 31.0 Å². The molecule has 1 aromatic carbocycles. The number of para-hydroxylation sites is 1. The van der Waals surface area contributed by atoms with Crippen molar-refractivity contribution in [3.8, 4) is 12.3 Å². The second-order valence-electron chi connectivity index (χ2n) is 5.01. The van der Waals surface area contributed by atoms with Crippen molar-refractivity contribution in [1.29, 1.82) is 0 Å². The van der Waals surface area contributed by atoms with E-state index >= 15 is 0 Å². The SMILES string of the molecule is C#CCN(CC1CC1)c1ccccc1[C@H](O)CC. The molecule has 1 N–H and O–H groups in total. The summed E-state index contributed by atoms with van der Waals surface area (Å²) in [5, 5.41) is 10.1. The van der Waals surface area contributed by atoms with Gasteiger partial charge in [-0.2, -0.15) is 0 Å². The molecular formula is C16H21NO. The maximum absolute atomic E-state index is 10.1. The first-order valence-corrected chi connectivity index (χ1v) is 6.71. The summed E-state index contributed by atoms with van der Waals surface area (Å²) in [6.45, 7) is 3.62. The fraction of sp³-hybridized carbons (Fsp3) is 0.500. The molecule has 18 heavy (non-hydrogen) atoms. The van der Waals surface area contributed by atoms with Crippen LogP contribution in [0.2, 0.25) is 0 Å². The predicted octanol–water partition coefficient (Wildman–Crippen LogP) is 2.98. The third-order valence-electron chi connectivity index (χ3n) is 3.48. The summed E-state index contributed by atoms with van der Waals surface area (Å²) >= 11 is 0. The number of hydrogen-bond donors (Lipinski definition) is 1. The fourth-order valence-electron chi connectivity index (χ4n) is 2.25. The van der Waals surface area contributed by atoms with E-state index in [4.69, 9.17) is 6.42 Å². The summed E-state index contributed by atoms with van der Waals surface area (Å²) in [7, 11) is 0. The van der Waals surface area contributed by atoms with Crippen molar-refractivity contribution in [1.82, 2.24) is 0 Å². The molecule has 0 heterocycles. The zero-order valence-corrected chi connectivity index (χ0v) is 11.0. The molecule has 0 spiro atoms. The van der Waals surface area contributed by atoms with E-state index in [1.54, 1.807) is 0 Å². The Morgan fingerprint density at radius 2 is 2.17 bits per heavy atom. The van der Waals surface area contributed by atoms with Crippen molar-refractivity contribution >= 4 is 5.69 Å². The number of terminal acetylenes is 1. The third kappa shape index (κ3) is 3.05. The second-order valence-corrected chi connectivity index (χ2v) is 5.01. The molecule has 0 bridgehead atoms. The van der Waals surface area contributed by atoms with Gasteiger partial charge in [0.25, 0.3) is 0 Å². The number of benzene rings is 1. The Kier molecular flexibility index (Phi) is 4.28. The Bertz CT molecular complexity index is 431. The van der Waals surface area contributed by atoms with Gasteiger partial charge in [0.15, 0.2) is 0 Å². The van der Waals surface area contributed by atoms with Gasteiger partial charge in [-0.25, -0.2) is 0 Å². The van der Waals surface area contributed by atoms with Crippen LogP contribution in [0.5, 0.6) is 0 Å². The first-order chi connectivity index (χ1) is 8.76. The Morgan fingerprint density at radius 1 is 1.44 bits per heavy atom. The summed E-state index contributed by atoms with van der Waals surface area (Å²) in [4.78, 5) is 2.23. The summed E-state index contributed by atoms with van der Waals surface area (Å²) in [5.41, 5.74) is 2.09. The number of rotatable bonds is 6. The summed E-state index contributed by atoms with van der Waals surface area (Å²) in [5.74, 6) is 3.51. The van der Waals surface area contributed by atoms with Crippen LogP contribution in [-0.2, 0) is 0 Å². The van der Waals surface area contributed by atoms with Crippen LogP contribution in [-0.4, -0.2) is 18.2 Å². The van der Waals surface area contributed by atoms with Crippen molar-refractivity contribution in [2.75, 3.05) is 18.0 Å². The first kappa shape index (κ1) is 13.0. The molecule has 1 aliphatic rings. The Hall–Kier alpha value is -1.46. The van der Waals surface area contributed by atoms with E-state index in [9.17, 15) is 5.11 Å². The summed E-state index contributed by atoms with van der Waals surface area (Å²) in [6, 6.07) is 8.05. The van der Waals surface area contributed by atoms with Crippen molar-refractivity contribution in [2.45, 2.75) is 32.3 Å². The van der Waals surface area contributed by atoms with Gasteiger partial charge in [0.2, 0.25) is 0 Å². The molecule has 1 fully saturated rings. The molecule has 96 valence electrons. The minimum atomic E-state index is -0.402. The van der Waals surface area contributed by atoms with E-state index in [0.717, 1.165) is 30.1 Å². The van der Waals surface area contributed by atoms with Gasteiger partial charge in [-0.15, -0.1) is 6.42 Å². The highest BCUT2D eigenvalue weighted by Crippen LogP contribution is 2.34. The minimum Gasteiger partial charge on any atom is -0.388 e. The largest absolute Gasteiger partial charge is 0.388 e. The lowest BCUT2D eigenvalue weighted by molar-refractivity contribution is 0.174. The number of aliphatic hydroxyl groups is 1. The highest BCUT2D eigenvalue weighted by atomic mass is 16.3. The van der Waals surface area contributed by atoms with E-state index in [0.29, 0.717) is 6.54 Å². The predicted molar refractivity (Wildman–Crippen MR) is 75.5 cm³/mol. The molecule has 0 saturated heterocycles. The molecule has 1 saturated carbocycles. The van der Waals surface area contributed by atoms with E-state index < -0.39 is 6.10 Å². The lowest BCUT2D eigenvalue weighted by Gasteiger charge is -2.26. The molecule has 1 aromatic rings. The second kappa shape index (κ2) is 5.93. The van der Waals surface area contributed by atoms with Crippen molar-refractivity contribution in [3.05, 3.63) is 29.8 Å². The van der Waals surface area contributed by atoms with Crippen molar-refractivity contribution in [2.24, 2.45) is 5.92 Å². The van der Waals surface area contributed by atoms with Crippen LogP contribution < -0.4 is 4.90 Å². The highest BCUT2D eigenvalue weighted by Gasteiger charge is 2.25. The molecule has 0 aliphatic heterocycles. The zero-order valence-electron chi connectivity index (χ0n) is 11.0. The van der Waals surface area contributed by atoms with Gasteiger partial charge in [-0.05, 0) is 31.2 Å². The number of nitrogens with zero attached hydrogens (tertiary/aromatic N) is 1. The van der Waals surface area contributed by atoms with Crippen LogP contribution >= 0.6 is 0 Å². The van der Waals surface area contributed by atoms with Crippen molar-refractivity contribution < 1.29 is 5.11 Å². The van der Waals surface area contributed by atoms with E-state index in [2.05, 4.69) is 16.9 Å². The van der Waals surface area contributed by atoms with Crippen LogP contribution in [0.25, 0.3) is 0 Å². The molecule has 1 aliphatic carbocycles. The van der Waals surface area contributed by atoms with E-state index in [-0.39, 0.29) is 0 Å². The molecular weight excluding hydrogens is 222 g/mol. The molecule has 0 unspecified atom stereocenters. The number of hydrogen-bond acceptors (Lipinski definition) is 2. The lowest BCUT2D eigenvalue weighted by Crippen LogP contribution is -2.27. The van der Waals surface area contributed by atoms with Gasteiger partial charge in [0.05, 0.1) is 12.6 Å². The molecule has 0 radical (unpaired) electrons. The smallest absolute Gasteiger partial charge is 0.0807 e. The fourth-order valence-corrected chi connectivity index (χ4v) is 2.25. The molecule has 2 rings (SSSR count). The van der Waals surface area contributed by atoms with Gasteiger partial charge < -0.3 is 10.0 Å². The Balaban J connectivity index is 2.24. The van der Waals surface area contributed by atoms with Gasteiger partial charge in [-0.3, -0.25) is 0 Å². The Labute approximate surface area is 110 Å². The maximum Gasteiger partial charge on any atom is 0.0807 e. The standard InChI is InChI=1S/C16H21NO/c1-3-11-17(12-13-9-10-13)15-8-6-5-7-14(15)16(18)4-2/h1,5-8,13,16,18H,4,9-12H2,2H3/t16-/m1/s1. The normalized spacial score (nSPS) is 16.1. The maximum atomic E-state index is 10.1. The molecule has 2 heteroatoms. The molecule has 0 aromatic heterocycles. The van der Waals surface area contributed by atoms with Crippen molar-refractivity contribution in [3.63, 3.8) is 0 Å². The summed E-state index contributed by atoms with van der Waals surface area (Å²) < 4.78 is 0. The van der Waals surface area contributed by atoms with Gasteiger partial charge in [0.1, 0.15) is 0 Å². The molecule has 1 atom stereocenters. The topological polar surface area (TPSA) is 23.5 Å². The van der Waals surface area contributed by atoms with Crippen LogP contribution in [0.1, 0.15) is 37.9 Å². The van der Waals surface area contributed by atoms with Gasteiger partial charge >= 0.3 is 0 Å². The quantitative estimate of drug-likeness (QED) is 0.776.